The lowest BCUT2D eigenvalue weighted by Crippen LogP contribution is -2.45. The second-order valence-electron chi connectivity index (χ2n) is 9.69. The predicted octanol–water partition coefficient (Wildman–Crippen LogP) is 5.39. The zero-order valence-electron chi connectivity index (χ0n) is 25.0. The van der Waals surface area contributed by atoms with Crippen LogP contribution in [0, 0.1) is 11.3 Å². The smallest absolute Gasteiger partial charge is 0.338 e. The zero-order chi connectivity index (χ0) is 33.2. The number of carbonyl (C=O) groups excluding carboxylic acids is 3. The van der Waals surface area contributed by atoms with E-state index in [0.29, 0.717) is 32.6 Å². The summed E-state index contributed by atoms with van der Waals surface area (Å²) in [7, 11) is 1.43. The van der Waals surface area contributed by atoms with Crippen molar-refractivity contribution >= 4 is 56.0 Å². The molecule has 0 fully saturated rings. The van der Waals surface area contributed by atoms with Gasteiger partial charge in [-0.05, 0) is 77.3 Å². The van der Waals surface area contributed by atoms with Crippen LogP contribution < -0.4 is 30.3 Å². The molecule has 1 atom stereocenters. The monoisotopic (exact) mass is 753 g/mol. The largest absolute Gasteiger partial charge is 0.493 e. The summed E-state index contributed by atoms with van der Waals surface area (Å²) in [6, 6.07) is 16.3. The fourth-order valence-electron chi connectivity index (χ4n) is 4.42. The molecule has 0 aromatic heterocycles. The highest BCUT2D eigenvalue weighted by molar-refractivity contribution is 9.11. The molecule has 3 aromatic rings. The van der Waals surface area contributed by atoms with Gasteiger partial charge in [-0.15, -0.1) is 0 Å². The Morgan fingerprint density at radius 2 is 1.85 bits per heavy atom. The second kappa shape index (κ2) is 15.9. The van der Waals surface area contributed by atoms with Gasteiger partial charge in [0.25, 0.3) is 5.91 Å². The van der Waals surface area contributed by atoms with Crippen LogP contribution in [0.2, 0.25) is 0 Å². The number of hydrazone groups is 1. The molecule has 1 heterocycles. The third kappa shape index (κ3) is 8.64. The number of hydrogen-bond donors (Lipinski definition) is 3. The number of halogens is 2. The molecule has 0 saturated heterocycles. The fraction of sp³-hybridized carbons (Fsp3) is 0.219. The molecule has 12 nitrogen and oxygen atoms in total. The van der Waals surface area contributed by atoms with E-state index in [1.807, 2.05) is 18.2 Å². The maximum absolute atomic E-state index is 12.6. The van der Waals surface area contributed by atoms with E-state index in [-0.39, 0.29) is 36.9 Å². The minimum atomic E-state index is -0.788. The number of rotatable bonds is 12. The molecule has 238 valence electrons. The van der Waals surface area contributed by atoms with Gasteiger partial charge in [0.05, 0.1) is 47.7 Å². The average Bonchev–Trinajstić information content (AvgIpc) is 3.03. The summed E-state index contributed by atoms with van der Waals surface area (Å²) >= 11 is 6.96. The summed E-state index contributed by atoms with van der Waals surface area (Å²) in [5, 5.41) is 18.4. The van der Waals surface area contributed by atoms with Gasteiger partial charge in [0, 0.05) is 15.7 Å². The van der Waals surface area contributed by atoms with Crippen molar-refractivity contribution in [3.63, 3.8) is 0 Å². The van der Waals surface area contributed by atoms with Gasteiger partial charge >= 0.3 is 12.0 Å². The van der Waals surface area contributed by atoms with E-state index < -0.39 is 23.9 Å². The molecule has 46 heavy (non-hydrogen) atoms. The number of esters is 1. The number of nitriles is 1. The average molecular weight is 755 g/mol. The van der Waals surface area contributed by atoms with Crippen molar-refractivity contribution in [1.29, 1.82) is 5.26 Å². The lowest BCUT2D eigenvalue weighted by atomic mass is 9.95. The summed E-state index contributed by atoms with van der Waals surface area (Å²) in [6.45, 7) is 3.36. The molecule has 0 saturated carbocycles. The number of carbonyl (C=O) groups is 3. The molecule has 3 aromatic carbocycles. The SMILES string of the molecule is CCOC(=O)C1=C(C)NC(=O)N[C@@H]1c1ccc(OCC(=O)N/N=C/c2cc(Br)cc(Br)c2OCc2ccc(C#N)cc2)c(OC)c1. The number of hydrogen-bond acceptors (Lipinski definition) is 9. The molecule has 4 rings (SSSR count). The maximum atomic E-state index is 12.6. The summed E-state index contributed by atoms with van der Waals surface area (Å²) in [4.78, 5) is 37.4. The van der Waals surface area contributed by atoms with Crippen molar-refractivity contribution in [3.8, 4) is 23.3 Å². The maximum Gasteiger partial charge on any atom is 0.338 e. The highest BCUT2D eigenvalue weighted by Crippen LogP contribution is 2.35. The molecule has 0 aliphatic carbocycles. The fourth-order valence-corrected chi connectivity index (χ4v) is 5.79. The number of ether oxygens (including phenoxy) is 4. The van der Waals surface area contributed by atoms with Gasteiger partial charge < -0.3 is 29.6 Å². The van der Waals surface area contributed by atoms with Crippen molar-refractivity contribution in [1.82, 2.24) is 16.1 Å². The van der Waals surface area contributed by atoms with Crippen molar-refractivity contribution in [2.75, 3.05) is 20.3 Å². The van der Waals surface area contributed by atoms with Crippen LogP contribution in [0.4, 0.5) is 4.79 Å². The Bertz CT molecular complexity index is 1740. The molecule has 0 bridgehead atoms. The summed E-state index contributed by atoms with van der Waals surface area (Å²) in [6.07, 6.45) is 1.45. The van der Waals surface area contributed by atoms with Gasteiger partial charge in [-0.3, -0.25) is 4.79 Å². The molecule has 3 amide bonds. The molecule has 0 radical (unpaired) electrons. The third-order valence-electron chi connectivity index (χ3n) is 6.54. The molecule has 14 heteroatoms. The quantitative estimate of drug-likeness (QED) is 0.126. The van der Waals surface area contributed by atoms with Crippen LogP contribution >= 0.6 is 31.9 Å². The van der Waals surface area contributed by atoms with Crippen LogP contribution in [0.1, 0.15) is 42.1 Å². The van der Waals surface area contributed by atoms with Gasteiger partial charge in [0.1, 0.15) is 12.4 Å². The molecule has 0 unspecified atom stereocenters. The summed E-state index contributed by atoms with van der Waals surface area (Å²) in [5.74, 6) is -0.0452. The zero-order valence-corrected chi connectivity index (χ0v) is 28.2. The van der Waals surface area contributed by atoms with Gasteiger partial charge in [-0.1, -0.05) is 34.1 Å². The topological polar surface area (TPSA) is 160 Å². The Balaban J connectivity index is 1.41. The predicted molar refractivity (Wildman–Crippen MR) is 175 cm³/mol. The van der Waals surface area contributed by atoms with E-state index in [2.05, 4.69) is 59.1 Å². The molecular formula is C32H29Br2N5O7. The Hall–Kier alpha value is -4.87. The number of benzene rings is 3. The van der Waals surface area contributed by atoms with E-state index in [1.54, 1.807) is 50.2 Å². The first-order valence-corrected chi connectivity index (χ1v) is 15.4. The number of urea groups is 1. The van der Waals surface area contributed by atoms with Gasteiger partial charge in [-0.25, -0.2) is 15.0 Å². The van der Waals surface area contributed by atoms with Crippen LogP contribution in [0.15, 0.2) is 79.9 Å². The lowest BCUT2D eigenvalue weighted by Gasteiger charge is -2.28. The van der Waals surface area contributed by atoms with E-state index in [1.165, 1.54) is 13.3 Å². The van der Waals surface area contributed by atoms with E-state index in [4.69, 9.17) is 24.2 Å². The number of nitrogens with zero attached hydrogens (tertiary/aromatic N) is 2. The Kier molecular flexibility index (Phi) is 11.8. The Morgan fingerprint density at radius 1 is 1.09 bits per heavy atom. The van der Waals surface area contributed by atoms with Gasteiger partial charge in [0.15, 0.2) is 18.1 Å². The summed E-state index contributed by atoms with van der Waals surface area (Å²) in [5.41, 5.74) is 5.63. The van der Waals surface area contributed by atoms with Crippen molar-refractivity contribution in [3.05, 3.63) is 97.1 Å². The van der Waals surface area contributed by atoms with Gasteiger partial charge in [0.2, 0.25) is 0 Å². The second-order valence-corrected chi connectivity index (χ2v) is 11.5. The minimum absolute atomic E-state index is 0.174. The first-order valence-electron chi connectivity index (χ1n) is 13.8. The van der Waals surface area contributed by atoms with Crippen LogP contribution in [-0.4, -0.2) is 44.4 Å². The van der Waals surface area contributed by atoms with Crippen molar-refractivity contribution in [2.45, 2.75) is 26.5 Å². The first kappa shape index (κ1) is 34.0. The van der Waals surface area contributed by atoms with Crippen LogP contribution in [0.3, 0.4) is 0 Å². The highest BCUT2D eigenvalue weighted by atomic mass is 79.9. The normalized spacial score (nSPS) is 14.2. The minimum Gasteiger partial charge on any atom is -0.493 e. The van der Waals surface area contributed by atoms with Crippen LogP contribution in [0.25, 0.3) is 0 Å². The van der Waals surface area contributed by atoms with E-state index >= 15 is 0 Å². The Morgan fingerprint density at radius 3 is 2.54 bits per heavy atom. The van der Waals surface area contributed by atoms with Crippen molar-refractivity contribution in [2.24, 2.45) is 5.10 Å². The molecule has 1 aliphatic rings. The van der Waals surface area contributed by atoms with Crippen LogP contribution in [-0.2, 0) is 20.9 Å². The lowest BCUT2D eigenvalue weighted by molar-refractivity contribution is -0.139. The number of amides is 3. The van der Waals surface area contributed by atoms with Gasteiger partial charge in [-0.2, -0.15) is 10.4 Å². The third-order valence-corrected chi connectivity index (χ3v) is 7.59. The Labute approximate surface area is 282 Å². The van der Waals surface area contributed by atoms with E-state index in [9.17, 15) is 14.4 Å². The molecule has 1 aliphatic heterocycles. The molecule has 3 N–H and O–H groups in total. The summed E-state index contributed by atoms with van der Waals surface area (Å²) < 4.78 is 23.8. The number of nitrogens with one attached hydrogen (secondary N) is 3. The standard InChI is InChI=1S/C32H29Br2N5O7/c1-4-44-31(41)28-18(2)37-32(42)38-29(28)21-9-10-25(26(12-21)43-3)45-17-27(40)39-36-15-22-11-23(33)13-24(34)30(22)46-16-20-7-5-19(14-35)6-8-20/h5-13,15,29H,4,16-17H2,1-3H3,(H,39,40)(H2,37,38,42)/b36-15+/t29-/m1/s1. The molecular weight excluding hydrogens is 726 g/mol. The molecule has 0 spiro atoms. The van der Waals surface area contributed by atoms with Crippen molar-refractivity contribution < 1.29 is 33.3 Å². The highest BCUT2D eigenvalue weighted by Gasteiger charge is 2.32. The number of methoxy groups -OCH3 is 1. The first-order chi connectivity index (χ1) is 22.1. The van der Waals surface area contributed by atoms with Crippen LogP contribution in [0.5, 0.6) is 17.2 Å². The van der Waals surface area contributed by atoms with E-state index in [0.717, 1.165) is 10.0 Å². The number of allylic oxidation sites excluding steroid dienone is 1.